The van der Waals surface area contributed by atoms with Crippen LogP contribution in [0.5, 0.6) is 0 Å². The van der Waals surface area contributed by atoms with Gasteiger partial charge >= 0.3 is 0 Å². The average molecular weight is 457 g/mol. The summed E-state index contributed by atoms with van der Waals surface area (Å²) >= 11 is 0. The zero-order valence-corrected chi connectivity index (χ0v) is 20.7. The quantitative estimate of drug-likeness (QED) is 0.123. The van der Waals surface area contributed by atoms with Crippen molar-refractivity contribution in [3.63, 3.8) is 0 Å². The predicted molar refractivity (Wildman–Crippen MR) is 134 cm³/mol. The molecule has 0 saturated heterocycles. The van der Waals surface area contributed by atoms with Crippen molar-refractivity contribution >= 4 is 11.8 Å². The molecule has 0 aliphatic rings. The topological polar surface area (TPSA) is 134 Å². The zero-order valence-electron chi connectivity index (χ0n) is 20.7. The first kappa shape index (κ1) is 30.8. The molecule has 0 radical (unpaired) electrons. The Morgan fingerprint density at radius 1 is 0.688 bits per heavy atom. The lowest BCUT2D eigenvalue weighted by atomic mass is 10.1. The van der Waals surface area contributed by atoms with E-state index in [1.54, 1.807) is 0 Å². The summed E-state index contributed by atoms with van der Waals surface area (Å²) in [6.45, 7) is 8.04. The largest absolute Gasteiger partial charge is 0.354 e. The van der Waals surface area contributed by atoms with E-state index in [9.17, 15) is 9.59 Å². The van der Waals surface area contributed by atoms with E-state index in [1.165, 1.54) is 19.3 Å². The molecule has 0 rings (SSSR count). The number of hydrogen-bond acceptors (Lipinski definition) is 6. The van der Waals surface area contributed by atoms with E-state index in [0.717, 1.165) is 84.1 Å². The average Bonchev–Trinajstić information content (AvgIpc) is 2.79. The normalized spacial score (nSPS) is 12.0. The number of carbonyl (C=O) groups excluding carboxylic acids is 2. The molecule has 0 bridgehead atoms. The zero-order chi connectivity index (χ0) is 23.7. The molecule has 0 aliphatic carbocycles. The van der Waals surface area contributed by atoms with Crippen LogP contribution in [-0.2, 0) is 9.59 Å². The Hall–Kier alpha value is -1.22. The highest BCUT2D eigenvalue weighted by Crippen LogP contribution is 2.06. The highest BCUT2D eigenvalue weighted by Gasteiger charge is 2.19. The number of nitrogens with two attached hydrogens (primary N) is 2. The molecule has 190 valence electrons. The molecular formula is C24H52N6O2. The summed E-state index contributed by atoms with van der Waals surface area (Å²) in [4.78, 5) is 24.8. The standard InChI is InChI=1S/C24H52N6O2/c1-2-3-4-5-6-14-23(31)30-22(13-7-8-15-25)24(32)29-21-12-20-28-18-10-9-17-27-19-11-16-26/h22,27-28H,2-21,25-26H2,1H3,(H,29,32)(H,30,31)/t22-/m1/s1. The Bertz CT molecular complexity index is 437. The number of hydrogen-bond donors (Lipinski definition) is 6. The predicted octanol–water partition coefficient (Wildman–Crippen LogP) is 1.78. The van der Waals surface area contributed by atoms with Crippen LogP contribution in [0.2, 0.25) is 0 Å². The van der Waals surface area contributed by atoms with Crippen molar-refractivity contribution in [1.29, 1.82) is 0 Å². The van der Waals surface area contributed by atoms with Crippen molar-refractivity contribution in [3.05, 3.63) is 0 Å². The summed E-state index contributed by atoms with van der Waals surface area (Å²) in [6.07, 6.45) is 12.6. The van der Waals surface area contributed by atoms with Gasteiger partial charge in [-0.2, -0.15) is 0 Å². The van der Waals surface area contributed by atoms with Gasteiger partial charge in [0.05, 0.1) is 0 Å². The summed E-state index contributed by atoms with van der Waals surface area (Å²) < 4.78 is 0. The van der Waals surface area contributed by atoms with Crippen LogP contribution in [-0.4, -0.2) is 63.7 Å². The monoisotopic (exact) mass is 456 g/mol. The third kappa shape index (κ3) is 20.7. The van der Waals surface area contributed by atoms with Gasteiger partial charge in [-0.3, -0.25) is 9.59 Å². The number of nitrogens with one attached hydrogen (secondary N) is 4. The Labute approximate surface area is 196 Å². The summed E-state index contributed by atoms with van der Waals surface area (Å²) in [5.74, 6) is -0.0986. The minimum absolute atomic E-state index is 0.0198. The molecule has 0 aromatic carbocycles. The highest BCUT2D eigenvalue weighted by molar-refractivity contribution is 5.87. The van der Waals surface area contributed by atoms with Crippen LogP contribution in [0.3, 0.4) is 0 Å². The third-order valence-electron chi connectivity index (χ3n) is 5.45. The maximum absolute atomic E-state index is 12.6. The van der Waals surface area contributed by atoms with Crippen molar-refractivity contribution in [2.24, 2.45) is 11.5 Å². The second-order valence-corrected chi connectivity index (χ2v) is 8.56. The first-order chi connectivity index (χ1) is 15.7. The molecule has 0 fully saturated rings. The molecule has 32 heavy (non-hydrogen) atoms. The highest BCUT2D eigenvalue weighted by atomic mass is 16.2. The molecule has 8 N–H and O–H groups in total. The van der Waals surface area contributed by atoms with Crippen molar-refractivity contribution in [3.8, 4) is 0 Å². The fourth-order valence-electron chi connectivity index (χ4n) is 3.44. The third-order valence-corrected chi connectivity index (χ3v) is 5.45. The van der Waals surface area contributed by atoms with Gasteiger partial charge in [-0.05, 0) is 90.6 Å². The van der Waals surface area contributed by atoms with E-state index < -0.39 is 6.04 Å². The Balaban J connectivity index is 3.93. The first-order valence-electron chi connectivity index (χ1n) is 13.0. The van der Waals surface area contributed by atoms with Crippen molar-refractivity contribution < 1.29 is 9.59 Å². The van der Waals surface area contributed by atoms with Crippen LogP contribution in [0.15, 0.2) is 0 Å². The minimum Gasteiger partial charge on any atom is -0.354 e. The minimum atomic E-state index is -0.454. The number of amides is 2. The van der Waals surface area contributed by atoms with Gasteiger partial charge < -0.3 is 32.7 Å². The molecule has 0 aromatic rings. The molecule has 0 spiro atoms. The van der Waals surface area contributed by atoms with Gasteiger partial charge in [-0.25, -0.2) is 0 Å². The van der Waals surface area contributed by atoms with Crippen LogP contribution in [0.1, 0.15) is 90.4 Å². The molecule has 0 aromatic heterocycles. The van der Waals surface area contributed by atoms with Gasteiger partial charge in [0.1, 0.15) is 6.04 Å². The lowest BCUT2D eigenvalue weighted by molar-refractivity contribution is -0.129. The summed E-state index contributed by atoms with van der Waals surface area (Å²) in [5, 5.41) is 12.7. The van der Waals surface area contributed by atoms with Crippen LogP contribution < -0.4 is 32.7 Å². The molecule has 8 heteroatoms. The van der Waals surface area contributed by atoms with E-state index in [1.807, 2.05) is 0 Å². The molecule has 0 saturated carbocycles. The second-order valence-electron chi connectivity index (χ2n) is 8.56. The molecule has 0 unspecified atom stereocenters. The van der Waals surface area contributed by atoms with E-state index >= 15 is 0 Å². The van der Waals surface area contributed by atoms with Crippen molar-refractivity contribution in [1.82, 2.24) is 21.3 Å². The van der Waals surface area contributed by atoms with Gasteiger partial charge in [0, 0.05) is 13.0 Å². The second kappa shape index (κ2) is 24.4. The van der Waals surface area contributed by atoms with Crippen LogP contribution in [0, 0.1) is 0 Å². The van der Waals surface area contributed by atoms with Gasteiger partial charge in [-0.1, -0.05) is 32.6 Å². The SMILES string of the molecule is CCCCCCCC(=O)N[C@H](CCCCN)C(=O)NCCCNCCCCNCCCN. The molecule has 0 aliphatic heterocycles. The van der Waals surface area contributed by atoms with Gasteiger partial charge in [-0.15, -0.1) is 0 Å². The van der Waals surface area contributed by atoms with Gasteiger partial charge in [0.2, 0.25) is 11.8 Å². The molecule has 0 heterocycles. The lowest BCUT2D eigenvalue weighted by Gasteiger charge is -2.18. The lowest BCUT2D eigenvalue weighted by Crippen LogP contribution is -2.47. The van der Waals surface area contributed by atoms with E-state index in [-0.39, 0.29) is 11.8 Å². The van der Waals surface area contributed by atoms with E-state index in [2.05, 4.69) is 28.2 Å². The summed E-state index contributed by atoms with van der Waals surface area (Å²) in [5.41, 5.74) is 11.0. The first-order valence-corrected chi connectivity index (χ1v) is 13.0. The Morgan fingerprint density at radius 2 is 1.31 bits per heavy atom. The van der Waals surface area contributed by atoms with Gasteiger partial charge in [0.15, 0.2) is 0 Å². The summed E-state index contributed by atoms with van der Waals surface area (Å²) in [6, 6.07) is -0.454. The van der Waals surface area contributed by atoms with Crippen molar-refractivity contribution in [2.75, 3.05) is 45.8 Å². The Kier molecular flexibility index (Phi) is 23.5. The fourth-order valence-corrected chi connectivity index (χ4v) is 3.44. The summed E-state index contributed by atoms with van der Waals surface area (Å²) in [7, 11) is 0. The smallest absolute Gasteiger partial charge is 0.242 e. The van der Waals surface area contributed by atoms with Gasteiger partial charge in [0.25, 0.3) is 0 Å². The maximum atomic E-state index is 12.6. The molecule has 2 amide bonds. The fraction of sp³-hybridized carbons (Fsp3) is 0.917. The van der Waals surface area contributed by atoms with E-state index in [0.29, 0.717) is 25.9 Å². The number of rotatable bonds is 24. The molecular weight excluding hydrogens is 404 g/mol. The van der Waals surface area contributed by atoms with Crippen LogP contribution in [0.25, 0.3) is 0 Å². The number of carbonyl (C=O) groups is 2. The van der Waals surface area contributed by atoms with Crippen LogP contribution >= 0.6 is 0 Å². The molecule has 1 atom stereocenters. The molecule has 8 nitrogen and oxygen atoms in total. The maximum Gasteiger partial charge on any atom is 0.242 e. The van der Waals surface area contributed by atoms with Crippen LogP contribution in [0.4, 0.5) is 0 Å². The number of unbranched alkanes of at least 4 members (excludes halogenated alkanes) is 6. The Morgan fingerprint density at radius 3 is 1.97 bits per heavy atom. The van der Waals surface area contributed by atoms with Crippen molar-refractivity contribution in [2.45, 2.75) is 96.4 Å². The van der Waals surface area contributed by atoms with E-state index in [4.69, 9.17) is 11.5 Å².